The summed E-state index contributed by atoms with van der Waals surface area (Å²) in [6, 6.07) is 17.5. The number of rotatable bonds is 5. The van der Waals surface area contributed by atoms with E-state index in [9.17, 15) is 4.79 Å². The van der Waals surface area contributed by atoms with Gasteiger partial charge in [-0.2, -0.15) is 5.10 Å². The first-order valence-corrected chi connectivity index (χ1v) is 9.71. The van der Waals surface area contributed by atoms with Gasteiger partial charge in [-0.25, -0.2) is 4.68 Å². The van der Waals surface area contributed by atoms with Gasteiger partial charge in [0.25, 0.3) is 5.56 Å². The molecular weight excluding hydrogens is 366 g/mol. The van der Waals surface area contributed by atoms with Gasteiger partial charge in [0.1, 0.15) is 5.69 Å². The first-order chi connectivity index (χ1) is 14.1. The van der Waals surface area contributed by atoms with Crippen molar-refractivity contribution in [3.63, 3.8) is 0 Å². The molecule has 0 atom stereocenters. The molecule has 29 heavy (non-hydrogen) atoms. The normalized spacial score (nSPS) is 14.5. The lowest BCUT2D eigenvalue weighted by molar-refractivity contribution is 0.0397. The Morgan fingerprint density at radius 1 is 1.03 bits per heavy atom. The topological polar surface area (TPSA) is 63.8 Å². The lowest BCUT2D eigenvalue weighted by Gasteiger charge is -2.23. The van der Waals surface area contributed by atoms with Gasteiger partial charge in [-0.05, 0) is 36.8 Å². The van der Waals surface area contributed by atoms with Crippen molar-refractivity contribution in [3.05, 3.63) is 76.2 Å². The highest BCUT2D eigenvalue weighted by atomic mass is 16.5. The van der Waals surface area contributed by atoms with E-state index in [1.807, 2.05) is 84.5 Å². The number of para-hydroxylation sites is 1. The Bertz CT molecular complexity index is 1050. The maximum absolute atomic E-state index is 13.0. The molecule has 0 amide bonds. The molecule has 1 aromatic heterocycles. The smallest absolute Gasteiger partial charge is 0.295 e. The molecule has 0 unspecified atom stereocenters. The number of anilines is 2. The number of hydrogen-bond donors (Lipinski definition) is 1. The Morgan fingerprint density at radius 2 is 1.72 bits per heavy atom. The van der Waals surface area contributed by atoms with E-state index in [-0.39, 0.29) is 5.56 Å². The Labute approximate surface area is 169 Å². The van der Waals surface area contributed by atoms with Crippen molar-refractivity contribution in [2.24, 2.45) is 12.1 Å². The van der Waals surface area contributed by atoms with Crippen LogP contribution < -0.4 is 10.9 Å². The van der Waals surface area contributed by atoms with E-state index < -0.39 is 0 Å². The van der Waals surface area contributed by atoms with E-state index in [1.165, 1.54) is 0 Å². The van der Waals surface area contributed by atoms with Crippen molar-refractivity contribution in [1.29, 1.82) is 0 Å². The third-order valence-corrected chi connectivity index (χ3v) is 5.09. The summed E-state index contributed by atoms with van der Waals surface area (Å²) in [4.78, 5) is 13.0. The van der Waals surface area contributed by atoms with Crippen LogP contribution in [0, 0.1) is 6.92 Å². The van der Waals surface area contributed by atoms with Crippen LogP contribution in [0.2, 0.25) is 0 Å². The van der Waals surface area contributed by atoms with Crippen LogP contribution in [0.25, 0.3) is 5.69 Å². The molecule has 1 fully saturated rings. The second-order valence-corrected chi connectivity index (χ2v) is 6.99. The van der Waals surface area contributed by atoms with Gasteiger partial charge < -0.3 is 10.1 Å². The molecule has 1 saturated heterocycles. The monoisotopic (exact) mass is 391 g/mol. The number of nitrogens with one attached hydrogen (secondary N) is 1. The van der Waals surface area contributed by atoms with E-state index in [0.717, 1.165) is 48.9 Å². The van der Waals surface area contributed by atoms with Crippen LogP contribution >= 0.6 is 0 Å². The van der Waals surface area contributed by atoms with Crippen LogP contribution in [-0.2, 0) is 11.8 Å². The van der Waals surface area contributed by atoms with Crippen LogP contribution in [0.15, 0.2) is 64.5 Å². The van der Waals surface area contributed by atoms with Crippen molar-refractivity contribution in [2.45, 2.75) is 6.92 Å². The molecule has 2 heterocycles. The van der Waals surface area contributed by atoms with Crippen LogP contribution in [0.4, 0.5) is 11.4 Å². The molecule has 3 aromatic rings. The molecule has 150 valence electrons. The fourth-order valence-corrected chi connectivity index (χ4v) is 3.33. The predicted molar refractivity (Wildman–Crippen MR) is 115 cm³/mol. The number of benzene rings is 2. The first kappa shape index (κ1) is 19.0. The maximum Gasteiger partial charge on any atom is 0.295 e. The zero-order valence-corrected chi connectivity index (χ0v) is 16.7. The summed E-state index contributed by atoms with van der Waals surface area (Å²) in [6.45, 7) is 5.01. The summed E-state index contributed by atoms with van der Waals surface area (Å²) in [5.74, 6) is 0. The lowest BCUT2D eigenvalue weighted by atomic mass is 10.2. The molecule has 7 heteroatoms. The fraction of sp³-hybridized carbons (Fsp3) is 0.273. The van der Waals surface area contributed by atoms with Gasteiger partial charge in [-0.15, -0.1) is 0 Å². The van der Waals surface area contributed by atoms with Crippen molar-refractivity contribution in [1.82, 2.24) is 14.4 Å². The minimum absolute atomic E-state index is 0.0749. The molecule has 1 N–H and O–H groups in total. The van der Waals surface area contributed by atoms with Crippen molar-refractivity contribution in [2.75, 3.05) is 31.6 Å². The Hall–Kier alpha value is -3.32. The van der Waals surface area contributed by atoms with E-state index in [1.54, 1.807) is 4.68 Å². The summed E-state index contributed by atoms with van der Waals surface area (Å²) in [7, 11) is 1.89. The van der Waals surface area contributed by atoms with Gasteiger partial charge in [0.05, 0.1) is 43.9 Å². The maximum atomic E-state index is 13.0. The van der Waals surface area contributed by atoms with E-state index in [0.29, 0.717) is 5.69 Å². The predicted octanol–water partition coefficient (Wildman–Crippen LogP) is 2.89. The zero-order valence-electron chi connectivity index (χ0n) is 16.7. The van der Waals surface area contributed by atoms with Crippen molar-refractivity contribution >= 4 is 17.6 Å². The highest BCUT2D eigenvalue weighted by Gasteiger charge is 2.16. The minimum atomic E-state index is -0.0749. The molecule has 4 rings (SSSR count). The Balaban J connectivity index is 1.52. The average Bonchev–Trinajstić information content (AvgIpc) is 2.98. The van der Waals surface area contributed by atoms with Crippen LogP contribution in [-0.4, -0.2) is 46.9 Å². The second kappa shape index (κ2) is 8.36. The molecule has 0 saturated carbocycles. The third kappa shape index (κ3) is 4.09. The molecule has 0 aliphatic carbocycles. The first-order valence-electron chi connectivity index (χ1n) is 9.71. The number of morpholine rings is 1. The number of hydrogen-bond acceptors (Lipinski definition) is 5. The van der Waals surface area contributed by atoms with E-state index in [4.69, 9.17) is 4.74 Å². The SMILES string of the molecule is Cc1c(Nc2ccc(/C=N\N3CCOCC3)cc2)c(=O)n(-c2ccccc2)n1C. The van der Waals surface area contributed by atoms with E-state index >= 15 is 0 Å². The molecular formula is C22H25N5O2. The summed E-state index contributed by atoms with van der Waals surface area (Å²) < 4.78 is 8.86. The Kier molecular flexibility index (Phi) is 5.48. The summed E-state index contributed by atoms with van der Waals surface area (Å²) in [5, 5.41) is 9.78. The fourth-order valence-electron chi connectivity index (χ4n) is 3.33. The van der Waals surface area contributed by atoms with Gasteiger partial charge in [0.2, 0.25) is 0 Å². The van der Waals surface area contributed by atoms with Gasteiger partial charge in [0.15, 0.2) is 0 Å². The van der Waals surface area contributed by atoms with Gasteiger partial charge >= 0.3 is 0 Å². The molecule has 1 aliphatic heterocycles. The van der Waals surface area contributed by atoms with Crippen LogP contribution in [0.3, 0.4) is 0 Å². The molecule has 0 radical (unpaired) electrons. The zero-order chi connectivity index (χ0) is 20.2. The molecule has 0 bridgehead atoms. The third-order valence-electron chi connectivity index (χ3n) is 5.09. The van der Waals surface area contributed by atoms with Gasteiger partial charge in [0, 0.05) is 12.7 Å². The number of hydrazone groups is 1. The second-order valence-electron chi connectivity index (χ2n) is 6.99. The lowest BCUT2D eigenvalue weighted by Crippen LogP contribution is -2.32. The molecule has 1 aliphatic rings. The number of nitrogens with zero attached hydrogens (tertiary/aromatic N) is 4. The molecule has 7 nitrogen and oxygen atoms in total. The van der Waals surface area contributed by atoms with Crippen molar-refractivity contribution < 1.29 is 4.74 Å². The molecule has 0 spiro atoms. The van der Waals surface area contributed by atoms with Crippen molar-refractivity contribution in [3.8, 4) is 5.69 Å². The van der Waals surface area contributed by atoms with Gasteiger partial charge in [-0.1, -0.05) is 30.3 Å². The molecule has 2 aromatic carbocycles. The standard InChI is InChI=1S/C22H25N5O2/c1-17-21(22(28)27(25(17)2)20-6-4-3-5-7-20)24-19-10-8-18(9-11-19)16-23-26-12-14-29-15-13-26/h3-11,16,24H,12-15H2,1-2H3/b23-16-. The van der Waals surface area contributed by atoms with E-state index in [2.05, 4.69) is 10.4 Å². The van der Waals surface area contributed by atoms with Crippen LogP contribution in [0.1, 0.15) is 11.3 Å². The summed E-state index contributed by atoms with van der Waals surface area (Å²) in [6.07, 6.45) is 1.85. The average molecular weight is 391 g/mol. The van der Waals surface area contributed by atoms with Crippen LogP contribution in [0.5, 0.6) is 0 Å². The highest BCUT2D eigenvalue weighted by Crippen LogP contribution is 2.19. The Morgan fingerprint density at radius 3 is 2.41 bits per heavy atom. The highest BCUT2D eigenvalue weighted by molar-refractivity contribution is 5.80. The quantitative estimate of drug-likeness (QED) is 0.680. The summed E-state index contributed by atoms with van der Waals surface area (Å²) >= 11 is 0. The number of aromatic nitrogens is 2. The number of ether oxygens (including phenoxy) is 1. The minimum Gasteiger partial charge on any atom is -0.378 e. The largest absolute Gasteiger partial charge is 0.378 e. The van der Waals surface area contributed by atoms with Gasteiger partial charge in [-0.3, -0.25) is 14.5 Å². The summed E-state index contributed by atoms with van der Waals surface area (Å²) in [5.41, 5.74) is 4.08.